The lowest BCUT2D eigenvalue weighted by atomic mass is 10.0. The molecule has 0 amide bonds. The van der Waals surface area contributed by atoms with Gasteiger partial charge in [0.1, 0.15) is 0 Å². The summed E-state index contributed by atoms with van der Waals surface area (Å²) in [4.78, 5) is 2.35. The molecule has 0 aliphatic carbocycles. The molecule has 1 heterocycles. The highest BCUT2D eigenvalue weighted by Gasteiger charge is 2.19. The number of nitrogens with zero attached hydrogens (tertiary/aromatic N) is 1. The first-order chi connectivity index (χ1) is 9.11. The Hall–Kier alpha value is -0.580. The summed E-state index contributed by atoms with van der Waals surface area (Å²) < 4.78 is 1.14. The van der Waals surface area contributed by atoms with E-state index in [1.807, 2.05) is 0 Å². The Kier molecular flexibility index (Phi) is 5.25. The minimum absolute atomic E-state index is 0.122. The standard InChI is InChI=1S/C15H23BrN2O/c1-3-17-11(2)12-4-5-15(14(16)10-12)18-8-6-13(19)7-9-18/h4-5,10-11,13,17,19H,3,6-9H2,1-2H3. The zero-order valence-corrected chi connectivity index (χ0v) is 13.3. The predicted molar refractivity (Wildman–Crippen MR) is 83.7 cm³/mol. The van der Waals surface area contributed by atoms with Crippen LogP contribution in [-0.2, 0) is 0 Å². The van der Waals surface area contributed by atoms with Crippen LogP contribution in [0.4, 0.5) is 5.69 Å². The fourth-order valence-corrected chi connectivity index (χ4v) is 3.23. The monoisotopic (exact) mass is 326 g/mol. The molecule has 1 aliphatic rings. The van der Waals surface area contributed by atoms with Gasteiger partial charge in [-0.2, -0.15) is 0 Å². The number of halogens is 1. The first-order valence-corrected chi connectivity index (χ1v) is 7.87. The number of aliphatic hydroxyl groups excluding tert-OH is 1. The van der Waals surface area contributed by atoms with E-state index in [9.17, 15) is 5.11 Å². The predicted octanol–water partition coefficient (Wildman–Crippen LogP) is 3.08. The molecule has 1 saturated heterocycles. The van der Waals surface area contributed by atoms with Crippen LogP contribution in [0.2, 0.25) is 0 Å². The molecule has 1 fully saturated rings. The summed E-state index contributed by atoms with van der Waals surface area (Å²) in [5.74, 6) is 0. The van der Waals surface area contributed by atoms with Crippen LogP contribution in [-0.4, -0.2) is 30.8 Å². The van der Waals surface area contributed by atoms with Gasteiger partial charge in [0.05, 0.1) is 11.8 Å². The first-order valence-electron chi connectivity index (χ1n) is 7.07. The highest BCUT2D eigenvalue weighted by molar-refractivity contribution is 9.10. The Labute approximate surface area is 124 Å². The summed E-state index contributed by atoms with van der Waals surface area (Å²) in [7, 11) is 0. The van der Waals surface area contributed by atoms with Crippen molar-refractivity contribution in [2.24, 2.45) is 0 Å². The van der Waals surface area contributed by atoms with Crippen LogP contribution in [0.5, 0.6) is 0 Å². The molecular formula is C15H23BrN2O. The maximum absolute atomic E-state index is 9.57. The maximum Gasteiger partial charge on any atom is 0.0574 e. The highest BCUT2D eigenvalue weighted by Crippen LogP contribution is 2.31. The van der Waals surface area contributed by atoms with Gasteiger partial charge in [0.15, 0.2) is 0 Å². The largest absolute Gasteiger partial charge is 0.393 e. The molecule has 0 aromatic heterocycles. The van der Waals surface area contributed by atoms with Gasteiger partial charge >= 0.3 is 0 Å². The normalized spacial score (nSPS) is 18.6. The summed E-state index contributed by atoms with van der Waals surface area (Å²) in [5, 5.41) is 13.0. The van der Waals surface area contributed by atoms with Crippen LogP contribution >= 0.6 is 15.9 Å². The number of nitrogens with one attached hydrogen (secondary N) is 1. The third-order valence-electron chi connectivity index (χ3n) is 3.79. The third kappa shape index (κ3) is 3.71. The fourth-order valence-electron chi connectivity index (χ4n) is 2.58. The average Bonchev–Trinajstić information content (AvgIpc) is 2.40. The molecule has 2 rings (SSSR count). The average molecular weight is 327 g/mol. The van der Waals surface area contributed by atoms with E-state index >= 15 is 0 Å². The summed E-state index contributed by atoms with van der Waals surface area (Å²) in [6.45, 7) is 7.15. The molecular weight excluding hydrogens is 304 g/mol. The second-order valence-electron chi connectivity index (χ2n) is 5.21. The van der Waals surface area contributed by atoms with Gasteiger partial charge in [-0.25, -0.2) is 0 Å². The molecule has 1 unspecified atom stereocenters. The lowest BCUT2D eigenvalue weighted by Gasteiger charge is -2.32. The van der Waals surface area contributed by atoms with Crippen molar-refractivity contribution in [3.05, 3.63) is 28.2 Å². The molecule has 0 saturated carbocycles. The zero-order valence-electron chi connectivity index (χ0n) is 11.7. The van der Waals surface area contributed by atoms with E-state index in [0.29, 0.717) is 6.04 Å². The van der Waals surface area contributed by atoms with E-state index in [1.165, 1.54) is 11.3 Å². The van der Waals surface area contributed by atoms with E-state index in [2.05, 4.69) is 58.2 Å². The number of hydrogen-bond donors (Lipinski definition) is 2. The Bertz CT molecular complexity index is 417. The topological polar surface area (TPSA) is 35.5 Å². The van der Waals surface area contributed by atoms with Gasteiger partial charge in [0.25, 0.3) is 0 Å². The highest BCUT2D eigenvalue weighted by atomic mass is 79.9. The van der Waals surface area contributed by atoms with Gasteiger partial charge in [-0.3, -0.25) is 0 Å². The third-order valence-corrected chi connectivity index (χ3v) is 4.42. The fraction of sp³-hybridized carbons (Fsp3) is 0.600. The van der Waals surface area contributed by atoms with Gasteiger partial charge in [-0.15, -0.1) is 0 Å². The van der Waals surface area contributed by atoms with Crippen molar-refractivity contribution in [3.8, 4) is 0 Å². The molecule has 19 heavy (non-hydrogen) atoms. The molecule has 0 bridgehead atoms. The van der Waals surface area contributed by atoms with Gasteiger partial charge in [-0.05, 0) is 59.9 Å². The second-order valence-corrected chi connectivity index (χ2v) is 6.06. The molecule has 2 N–H and O–H groups in total. The minimum Gasteiger partial charge on any atom is -0.393 e. The Morgan fingerprint density at radius 2 is 2.11 bits per heavy atom. The van der Waals surface area contributed by atoms with Gasteiger partial charge in [0, 0.05) is 23.6 Å². The van der Waals surface area contributed by atoms with Crippen LogP contribution in [0, 0.1) is 0 Å². The van der Waals surface area contributed by atoms with Gasteiger partial charge in [-0.1, -0.05) is 13.0 Å². The molecule has 1 aromatic rings. The van der Waals surface area contributed by atoms with E-state index < -0.39 is 0 Å². The minimum atomic E-state index is -0.122. The number of hydrogen-bond acceptors (Lipinski definition) is 3. The van der Waals surface area contributed by atoms with Crippen LogP contribution in [0.1, 0.15) is 38.3 Å². The van der Waals surface area contributed by atoms with Crippen molar-refractivity contribution in [1.29, 1.82) is 0 Å². The summed E-state index contributed by atoms with van der Waals surface area (Å²) in [5.41, 5.74) is 2.54. The summed E-state index contributed by atoms with van der Waals surface area (Å²) in [6, 6.07) is 6.95. The zero-order chi connectivity index (χ0) is 13.8. The van der Waals surface area contributed by atoms with Crippen molar-refractivity contribution < 1.29 is 5.11 Å². The maximum atomic E-state index is 9.57. The molecule has 106 valence electrons. The lowest BCUT2D eigenvalue weighted by molar-refractivity contribution is 0.145. The molecule has 0 radical (unpaired) electrons. The van der Waals surface area contributed by atoms with Gasteiger partial charge in [0.2, 0.25) is 0 Å². The smallest absolute Gasteiger partial charge is 0.0574 e. The number of piperidine rings is 1. The molecule has 4 heteroatoms. The molecule has 0 spiro atoms. The van der Waals surface area contributed by atoms with Gasteiger partial charge < -0.3 is 15.3 Å². The van der Waals surface area contributed by atoms with E-state index in [1.54, 1.807) is 0 Å². The van der Waals surface area contributed by atoms with Crippen molar-refractivity contribution in [2.75, 3.05) is 24.5 Å². The Morgan fingerprint density at radius 1 is 1.42 bits per heavy atom. The van der Waals surface area contributed by atoms with Crippen molar-refractivity contribution >= 4 is 21.6 Å². The Morgan fingerprint density at radius 3 is 2.68 bits per heavy atom. The van der Waals surface area contributed by atoms with Crippen LogP contribution < -0.4 is 10.2 Å². The number of aliphatic hydroxyl groups is 1. The molecule has 3 nitrogen and oxygen atoms in total. The Balaban J connectivity index is 2.10. The molecule has 1 aliphatic heterocycles. The van der Waals surface area contributed by atoms with E-state index in [4.69, 9.17) is 0 Å². The van der Waals surface area contributed by atoms with E-state index in [-0.39, 0.29) is 6.10 Å². The van der Waals surface area contributed by atoms with Crippen LogP contribution in [0.3, 0.4) is 0 Å². The second kappa shape index (κ2) is 6.73. The summed E-state index contributed by atoms with van der Waals surface area (Å²) in [6.07, 6.45) is 1.60. The van der Waals surface area contributed by atoms with Crippen molar-refractivity contribution in [2.45, 2.75) is 38.8 Å². The van der Waals surface area contributed by atoms with Crippen molar-refractivity contribution in [3.63, 3.8) is 0 Å². The van der Waals surface area contributed by atoms with Crippen molar-refractivity contribution in [1.82, 2.24) is 5.32 Å². The number of benzene rings is 1. The summed E-state index contributed by atoms with van der Waals surface area (Å²) >= 11 is 3.69. The lowest BCUT2D eigenvalue weighted by Crippen LogP contribution is -2.36. The quantitative estimate of drug-likeness (QED) is 0.892. The SMILES string of the molecule is CCNC(C)c1ccc(N2CCC(O)CC2)c(Br)c1. The molecule has 1 atom stereocenters. The van der Waals surface area contributed by atoms with E-state index in [0.717, 1.165) is 36.9 Å². The number of rotatable bonds is 4. The van der Waals surface area contributed by atoms with Crippen LogP contribution in [0.15, 0.2) is 22.7 Å². The first kappa shape index (κ1) is 14.8. The molecule has 1 aromatic carbocycles. The van der Waals surface area contributed by atoms with Crippen LogP contribution in [0.25, 0.3) is 0 Å². The number of anilines is 1.